The fourth-order valence-corrected chi connectivity index (χ4v) is 2.69. The Balaban J connectivity index is 1.65. The van der Waals surface area contributed by atoms with E-state index in [9.17, 15) is 0 Å². The van der Waals surface area contributed by atoms with Crippen molar-refractivity contribution in [1.29, 1.82) is 0 Å². The zero-order valence-corrected chi connectivity index (χ0v) is 13.7. The highest BCUT2D eigenvalue weighted by Crippen LogP contribution is 2.18. The van der Waals surface area contributed by atoms with Crippen LogP contribution in [0.25, 0.3) is 0 Å². The van der Waals surface area contributed by atoms with Gasteiger partial charge < -0.3 is 15.1 Å². The van der Waals surface area contributed by atoms with Crippen molar-refractivity contribution in [2.75, 3.05) is 47.8 Å². The molecule has 122 valence electrons. The fraction of sp³-hybridized carbons (Fsp3) is 0.500. The highest BCUT2D eigenvalue weighted by molar-refractivity contribution is 5.46. The normalized spacial score (nSPS) is 14.9. The Morgan fingerprint density at radius 3 is 2.43 bits per heavy atom. The molecular formula is C16H23N7. The summed E-state index contributed by atoms with van der Waals surface area (Å²) in [5, 5.41) is 3.16. The first kappa shape index (κ1) is 15.5. The van der Waals surface area contributed by atoms with Crippen LogP contribution in [0.15, 0.2) is 24.7 Å². The van der Waals surface area contributed by atoms with Crippen LogP contribution in [0, 0.1) is 0 Å². The van der Waals surface area contributed by atoms with E-state index < -0.39 is 0 Å². The molecule has 7 nitrogen and oxygen atoms in total. The van der Waals surface area contributed by atoms with Crippen molar-refractivity contribution in [3.05, 3.63) is 30.4 Å². The average molecular weight is 313 g/mol. The van der Waals surface area contributed by atoms with Crippen LogP contribution in [-0.2, 0) is 6.42 Å². The van der Waals surface area contributed by atoms with E-state index in [1.807, 2.05) is 19.2 Å². The number of hydrogen-bond donors (Lipinski definition) is 1. The molecule has 0 aliphatic carbocycles. The second-order valence-electron chi connectivity index (χ2n) is 5.46. The van der Waals surface area contributed by atoms with Gasteiger partial charge in [-0.05, 0) is 19.4 Å². The minimum Gasteiger partial charge on any atom is -0.354 e. The first-order valence-corrected chi connectivity index (χ1v) is 8.18. The first-order chi connectivity index (χ1) is 11.3. The van der Waals surface area contributed by atoms with Crippen LogP contribution < -0.4 is 15.1 Å². The number of piperazine rings is 1. The van der Waals surface area contributed by atoms with E-state index in [-0.39, 0.29) is 0 Å². The molecule has 2 aromatic heterocycles. The summed E-state index contributed by atoms with van der Waals surface area (Å²) in [7, 11) is 0. The van der Waals surface area contributed by atoms with Gasteiger partial charge in [0.2, 0.25) is 5.95 Å². The second kappa shape index (κ2) is 7.21. The Kier molecular flexibility index (Phi) is 4.85. The molecule has 0 amide bonds. The van der Waals surface area contributed by atoms with E-state index >= 15 is 0 Å². The molecule has 1 saturated heterocycles. The van der Waals surface area contributed by atoms with E-state index in [0.717, 1.165) is 56.5 Å². The summed E-state index contributed by atoms with van der Waals surface area (Å²) in [5.41, 5.74) is 1.09. The van der Waals surface area contributed by atoms with Crippen LogP contribution in [0.5, 0.6) is 0 Å². The van der Waals surface area contributed by atoms with Gasteiger partial charge in [0.1, 0.15) is 18.0 Å². The Morgan fingerprint density at radius 2 is 1.74 bits per heavy atom. The van der Waals surface area contributed by atoms with Crippen molar-refractivity contribution >= 4 is 17.6 Å². The lowest BCUT2D eigenvalue weighted by Gasteiger charge is -2.36. The molecule has 0 unspecified atom stereocenters. The number of anilines is 3. The highest BCUT2D eigenvalue weighted by Gasteiger charge is 2.19. The lowest BCUT2D eigenvalue weighted by Crippen LogP contribution is -2.47. The van der Waals surface area contributed by atoms with E-state index in [2.05, 4.69) is 48.0 Å². The number of aryl methyl sites for hydroxylation is 1. The molecule has 0 saturated carbocycles. The van der Waals surface area contributed by atoms with Crippen LogP contribution in [-0.4, -0.2) is 52.7 Å². The van der Waals surface area contributed by atoms with Crippen molar-refractivity contribution < 1.29 is 0 Å². The van der Waals surface area contributed by atoms with Crippen LogP contribution in [0.1, 0.15) is 19.5 Å². The average Bonchev–Trinajstić information content (AvgIpc) is 2.62. The van der Waals surface area contributed by atoms with Crippen LogP contribution >= 0.6 is 0 Å². The molecule has 1 aliphatic rings. The van der Waals surface area contributed by atoms with Gasteiger partial charge in [-0.25, -0.2) is 15.0 Å². The lowest BCUT2D eigenvalue weighted by molar-refractivity contribution is 0.640. The Bertz CT molecular complexity index is 638. The first-order valence-electron chi connectivity index (χ1n) is 8.18. The van der Waals surface area contributed by atoms with Gasteiger partial charge in [-0.2, -0.15) is 4.98 Å². The number of rotatable bonds is 5. The smallest absolute Gasteiger partial charge is 0.224 e. The molecule has 0 bridgehead atoms. The van der Waals surface area contributed by atoms with Crippen molar-refractivity contribution in [2.45, 2.75) is 20.3 Å². The van der Waals surface area contributed by atoms with Gasteiger partial charge in [0.25, 0.3) is 0 Å². The van der Waals surface area contributed by atoms with Crippen LogP contribution in [0.3, 0.4) is 0 Å². The summed E-state index contributed by atoms with van der Waals surface area (Å²) in [5.74, 6) is 2.69. The molecular weight excluding hydrogens is 290 g/mol. The monoisotopic (exact) mass is 313 g/mol. The van der Waals surface area contributed by atoms with Crippen molar-refractivity contribution in [3.63, 3.8) is 0 Å². The maximum absolute atomic E-state index is 4.57. The maximum Gasteiger partial charge on any atom is 0.224 e. The quantitative estimate of drug-likeness (QED) is 0.898. The van der Waals surface area contributed by atoms with Crippen LogP contribution in [0.2, 0.25) is 0 Å². The third-order valence-electron chi connectivity index (χ3n) is 3.97. The van der Waals surface area contributed by atoms with Crippen LogP contribution in [0.4, 0.5) is 17.6 Å². The zero-order chi connectivity index (χ0) is 16.1. The standard InChI is InChI=1S/C16H23N7/c1-3-13-11-15(20-12-19-13)23-9-7-22(8-10-23)14-5-6-18-16(21-14)17-4-2/h5-6,11-12H,3-4,7-10H2,1-2H3,(H,17,18,21). The van der Waals surface area contributed by atoms with Crippen molar-refractivity contribution in [1.82, 2.24) is 19.9 Å². The molecule has 0 spiro atoms. The molecule has 0 atom stereocenters. The summed E-state index contributed by atoms with van der Waals surface area (Å²) < 4.78 is 0. The molecule has 3 heterocycles. The second-order valence-corrected chi connectivity index (χ2v) is 5.46. The lowest BCUT2D eigenvalue weighted by atomic mass is 10.2. The third kappa shape index (κ3) is 3.67. The molecule has 1 N–H and O–H groups in total. The number of aromatic nitrogens is 4. The van der Waals surface area contributed by atoms with Gasteiger partial charge in [0.15, 0.2) is 0 Å². The molecule has 3 rings (SSSR count). The topological polar surface area (TPSA) is 70.1 Å². The van der Waals surface area contributed by atoms with Gasteiger partial charge in [-0.15, -0.1) is 0 Å². The summed E-state index contributed by atoms with van der Waals surface area (Å²) in [6, 6.07) is 4.06. The van der Waals surface area contributed by atoms with Gasteiger partial charge >= 0.3 is 0 Å². The number of hydrogen-bond acceptors (Lipinski definition) is 7. The maximum atomic E-state index is 4.57. The van der Waals surface area contributed by atoms with E-state index in [0.29, 0.717) is 5.95 Å². The van der Waals surface area contributed by atoms with E-state index in [1.165, 1.54) is 0 Å². The van der Waals surface area contributed by atoms with E-state index in [1.54, 1.807) is 6.33 Å². The molecule has 1 aliphatic heterocycles. The summed E-state index contributed by atoms with van der Waals surface area (Å²) in [6.07, 6.45) is 4.40. The minimum absolute atomic E-state index is 0.691. The van der Waals surface area contributed by atoms with Gasteiger partial charge in [-0.3, -0.25) is 0 Å². The SMILES string of the molecule is CCNc1nccc(N2CCN(c3cc(CC)ncn3)CC2)n1. The number of nitrogens with zero attached hydrogens (tertiary/aromatic N) is 6. The highest BCUT2D eigenvalue weighted by atomic mass is 15.3. The summed E-state index contributed by atoms with van der Waals surface area (Å²) >= 11 is 0. The Labute approximate surface area is 136 Å². The molecule has 0 radical (unpaired) electrons. The molecule has 23 heavy (non-hydrogen) atoms. The molecule has 2 aromatic rings. The fourth-order valence-electron chi connectivity index (χ4n) is 2.69. The Hall–Kier alpha value is -2.44. The predicted molar refractivity (Wildman–Crippen MR) is 92.0 cm³/mol. The van der Waals surface area contributed by atoms with Crippen molar-refractivity contribution in [3.8, 4) is 0 Å². The molecule has 1 fully saturated rings. The van der Waals surface area contributed by atoms with Gasteiger partial charge in [0, 0.05) is 50.7 Å². The Morgan fingerprint density at radius 1 is 1.00 bits per heavy atom. The van der Waals surface area contributed by atoms with E-state index in [4.69, 9.17) is 0 Å². The minimum atomic E-state index is 0.691. The van der Waals surface area contributed by atoms with Gasteiger partial charge in [0.05, 0.1) is 0 Å². The zero-order valence-electron chi connectivity index (χ0n) is 13.7. The largest absolute Gasteiger partial charge is 0.354 e. The van der Waals surface area contributed by atoms with Crippen molar-refractivity contribution in [2.24, 2.45) is 0 Å². The molecule has 7 heteroatoms. The third-order valence-corrected chi connectivity index (χ3v) is 3.97. The van der Waals surface area contributed by atoms with Gasteiger partial charge in [-0.1, -0.05) is 6.92 Å². The summed E-state index contributed by atoms with van der Waals surface area (Å²) in [6.45, 7) is 8.69. The number of nitrogens with one attached hydrogen (secondary N) is 1. The summed E-state index contributed by atoms with van der Waals surface area (Å²) in [4.78, 5) is 22.1. The predicted octanol–water partition coefficient (Wildman–Crippen LogP) is 1.59. The molecule has 0 aromatic carbocycles.